The molecule has 0 spiro atoms. The van der Waals surface area contributed by atoms with Crippen molar-refractivity contribution in [2.75, 3.05) is 18.5 Å². The van der Waals surface area contributed by atoms with Crippen molar-refractivity contribution in [2.45, 2.75) is 76.7 Å². The minimum absolute atomic E-state index is 0.109. The molecule has 0 amide bonds. The molecule has 2 N–H and O–H groups in total. The second-order valence-electron chi connectivity index (χ2n) is 10.5. The molecule has 0 saturated heterocycles. The number of fused-ring (bicyclic) bond motifs is 1. The van der Waals surface area contributed by atoms with Gasteiger partial charge in [-0.05, 0) is 55.8 Å². The summed E-state index contributed by atoms with van der Waals surface area (Å²) in [5, 5.41) is 14.8. The van der Waals surface area contributed by atoms with E-state index in [1.165, 1.54) is 12.8 Å². The van der Waals surface area contributed by atoms with Crippen molar-refractivity contribution in [1.29, 1.82) is 0 Å². The number of hydrogen-bond donors (Lipinski definition) is 2. The summed E-state index contributed by atoms with van der Waals surface area (Å²) in [5.41, 5.74) is 0.980. The van der Waals surface area contributed by atoms with Gasteiger partial charge in [-0.3, -0.25) is 0 Å². The molecule has 6 nitrogen and oxygen atoms in total. The van der Waals surface area contributed by atoms with Crippen LogP contribution < -0.4 is 5.32 Å². The summed E-state index contributed by atoms with van der Waals surface area (Å²) in [4.78, 5) is 9.07. The molecule has 0 aliphatic heterocycles. The topological polar surface area (TPSA) is 72.2 Å². The molecule has 0 aromatic carbocycles. The molecule has 0 radical (unpaired) electrons. The maximum Gasteiger partial charge on any atom is 0.192 e. The molecule has 29 heavy (non-hydrogen) atoms. The predicted molar refractivity (Wildman–Crippen MR) is 120 cm³/mol. The molecule has 1 unspecified atom stereocenters. The van der Waals surface area contributed by atoms with E-state index in [1.807, 2.05) is 0 Å². The molecule has 2 fully saturated rings. The Bertz CT molecular complexity index is 856. The summed E-state index contributed by atoms with van der Waals surface area (Å²) in [6, 6.07) is 2.42. The Kier molecular flexibility index (Phi) is 5.50. The molecular formula is C22H36N4O2Si. The van der Waals surface area contributed by atoms with Crippen molar-refractivity contribution in [3.8, 4) is 0 Å². The van der Waals surface area contributed by atoms with Crippen molar-refractivity contribution < 1.29 is 9.53 Å². The van der Waals surface area contributed by atoms with Crippen LogP contribution in [0.5, 0.6) is 0 Å². The van der Waals surface area contributed by atoms with Crippen LogP contribution in [0.1, 0.15) is 52.5 Å². The van der Waals surface area contributed by atoms with Crippen LogP contribution in [0, 0.1) is 11.8 Å². The van der Waals surface area contributed by atoms with Crippen LogP contribution in [-0.2, 0) is 4.43 Å². The zero-order valence-corrected chi connectivity index (χ0v) is 19.5. The lowest BCUT2D eigenvalue weighted by atomic mass is 10.1. The molecule has 2 saturated carbocycles. The lowest BCUT2D eigenvalue weighted by Crippen LogP contribution is -2.45. The summed E-state index contributed by atoms with van der Waals surface area (Å²) in [6.45, 7) is 12.6. The molecule has 0 bridgehead atoms. The van der Waals surface area contributed by atoms with Crippen LogP contribution in [0.2, 0.25) is 18.1 Å². The molecule has 160 valence electrons. The normalized spacial score (nSPS) is 25.7. The van der Waals surface area contributed by atoms with E-state index in [9.17, 15) is 5.11 Å². The fraction of sp³-hybridized carbons (Fsp3) is 0.727. The van der Waals surface area contributed by atoms with E-state index in [4.69, 9.17) is 4.43 Å². The number of nitrogens with zero attached hydrogens (tertiary/aromatic N) is 3. The molecule has 2 aliphatic rings. The van der Waals surface area contributed by atoms with Gasteiger partial charge >= 0.3 is 0 Å². The van der Waals surface area contributed by atoms with Gasteiger partial charge in [0.1, 0.15) is 17.8 Å². The fourth-order valence-corrected chi connectivity index (χ4v) is 5.55. The minimum Gasteiger partial charge on any atom is -0.413 e. The third-order valence-corrected chi connectivity index (χ3v) is 11.8. The van der Waals surface area contributed by atoms with E-state index in [-0.39, 0.29) is 23.7 Å². The number of aliphatic hydroxyl groups excluding tert-OH is 1. The van der Waals surface area contributed by atoms with Gasteiger partial charge in [0.25, 0.3) is 0 Å². The maximum absolute atomic E-state index is 10.0. The van der Waals surface area contributed by atoms with Crippen LogP contribution in [0.15, 0.2) is 18.6 Å². The van der Waals surface area contributed by atoms with Gasteiger partial charge in [-0.25, -0.2) is 9.97 Å². The van der Waals surface area contributed by atoms with Gasteiger partial charge in [-0.2, -0.15) is 0 Å². The molecule has 2 aromatic rings. The van der Waals surface area contributed by atoms with E-state index in [1.54, 1.807) is 6.33 Å². The van der Waals surface area contributed by atoms with Crippen LogP contribution in [0.25, 0.3) is 11.0 Å². The van der Waals surface area contributed by atoms with Crippen LogP contribution in [-0.4, -0.2) is 47.2 Å². The van der Waals surface area contributed by atoms with Crippen molar-refractivity contribution in [3.05, 3.63) is 18.6 Å². The highest BCUT2D eigenvalue weighted by Gasteiger charge is 2.44. The summed E-state index contributed by atoms with van der Waals surface area (Å²) < 4.78 is 9.00. The molecule has 2 heterocycles. The molecular weight excluding hydrogens is 380 g/mol. The molecule has 7 heteroatoms. The van der Waals surface area contributed by atoms with Crippen molar-refractivity contribution in [2.24, 2.45) is 11.8 Å². The van der Waals surface area contributed by atoms with E-state index >= 15 is 0 Å². The van der Waals surface area contributed by atoms with Crippen LogP contribution >= 0.6 is 0 Å². The van der Waals surface area contributed by atoms with Crippen LogP contribution in [0.3, 0.4) is 0 Å². The standard InChI is InChI=1S/C22H36N4O2Si/c1-22(2,3)29(4,5)28-19-11-17(10-16(19)13-27)26-9-8-18-20(23-12-15-6-7-15)24-14-25-21(18)26/h8-9,14-17,19,27H,6-7,10-13H2,1-5H3,(H,23,24,25)/t16?,17-,19+/m1/s1. The number of rotatable bonds is 7. The van der Waals surface area contributed by atoms with Gasteiger partial charge in [0.15, 0.2) is 8.32 Å². The van der Waals surface area contributed by atoms with Gasteiger partial charge in [0.05, 0.1) is 11.5 Å². The monoisotopic (exact) mass is 416 g/mol. The first kappa shape index (κ1) is 20.8. The van der Waals surface area contributed by atoms with E-state index < -0.39 is 8.32 Å². The zero-order chi connectivity index (χ0) is 20.8. The van der Waals surface area contributed by atoms with E-state index in [0.29, 0.717) is 6.04 Å². The molecule has 2 aliphatic carbocycles. The first-order chi connectivity index (χ1) is 13.7. The number of aliphatic hydroxyl groups is 1. The van der Waals surface area contributed by atoms with E-state index in [0.717, 1.165) is 42.2 Å². The first-order valence-corrected chi connectivity index (χ1v) is 13.9. The summed E-state index contributed by atoms with van der Waals surface area (Å²) in [5.74, 6) is 1.92. The Morgan fingerprint density at radius 3 is 2.66 bits per heavy atom. The Morgan fingerprint density at radius 2 is 2.00 bits per heavy atom. The Balaban J connectivity index is 1.54. The van der Waals surface area contributed by atoms with E-state index in [2.05, 4.69) is 66.0 Å². The number of anilines is 1. The number of aromatic nitrogens is 3. The number of hydrogen-bond acceptors (Lipinski definition) is 5. The minimum atomic E-state index is -1.88. The average Bonchev–Trinajstić information content (AvgIpc) is 3.24. The molecule has 2 aromatic heterocycles. The largest absolute Gasteiger partial charge is 0.413 e. The van der Waals surface area contributed by atoms with Gasteiger partial charge in [-0.1, -0.05) is 20.8 Å². The third-order valence-electron chi connectivity index (χ3n) is 7.25. The summed E-state index contributed by atoms with van der Waals surface area (Å²) in [7, 11) is -1.88. The smallest absolute Gasteiger partial charge is 0.192 e. The quantitative estimate of drug-likeness (QED) is 0.646. The number of nitrogens with one attached hydrogen (secondary N) is 1. The second-order valence-corrected chi connectivity index (χ2v) is 15.2. The molecule has 4 rings (SSSR count). The second kappa shape index (κ2) is 7.67. The van der Waals surface area contributed by atoms with Gasteiger partial charge in [0, 0.05) is 31.3 Å². The lowest BCUT2D eigenvalue weighted by molar-refractivity contribution is 0.0979. The third kappa shape index (κ3) is 4.23. The SMILES string of the molecule is CC(C)(C)[Si](C)(C)O[C@H]1C[C@H](n2ccc3c(NCC4CC4)ncnc32)CC1CO. The van der Waals surface area contributed by atoms with Crippen molar-refractivity contribution in [3.63, 3.8) is 0 Å². The molecule has 3 atom stereocenters. The Morgan fingerprint density at radius 1 is 1.24 bits per heavy atom. The summed E-state index contributed by atoms with van der Waals surface area (Å²) in [6.07, 6.45) is 8.40. The Hall–Kier alpha value is -1.44. The van der Waals surface area contributed by atoms with Gasteiger partial charge < -0.3 is 19.4 Å². The van der Waals surface area contributed by atoms with Crippen molar-refractivity contribution >= 4 is 25.2 Å². The lowest BCUT2D eigenvalue weighted by Gasteiger charge is -2.39. The van der Waals surface area contributed by atoms with Crippen molar-refractivity contribution in [1.82, 2.24) is 14.5 Å². The first-order valence-electron chi connectivity index (χ1n) is 11.0. The fourth-order valence-electron chi connectivity index (χ4n) is 4.15. The predicted octanol–water partition coefficient (Wildman–Crippen LogP) is 4.59. The highest BCUT2D eigenvalue weighted by molar-refractivity contribution is 6.74. The van der Waals surface area contributed by atoms with Crippen LogP contribution in [0.4, 0.5) is 5.82 Å². The van der Waals surface area contributed by atoms with Gasteiger partial charge in [0.2, 0.25) is 0 Å². The van der Waals surface area contributed by atoms with Gasteiger partial charge in [-0.15, -0.1) is 0 Å². The highest BCUT2D eigenvalue weighted by Crippen LogP contribution is 2.44. The zero-order valence-electron chi connectivity index (χ0n) is 18.5. The highest BCUT2D eigenvalue weighted by atomic mass is 28.4. The summed E-state index contributed by atoms with van der Waals surface area (Å²) >= 11 is 0. The average molecular weight is 417 g/mol. The Labute approximate surface area is 175 Å². The maximum atomic E-state index is 10.0.